The number of benzene rings is 2. The molecule has 0 bridgehead atoms. The summed E-state index contributed by atoms with van der Waals surface area (Å²) in [6.07, 6.45) is 5.68. The Morgan fingerprint density at radius 1 is 1.10 bits per heavy atom. The predicted molar refractivity (Wildman–Crippen MR) is 131 cm³/mol. The highest BCUT2D eigenvalue weighted by Gasteiger charge is 2.22. The Morgan fingerprint density at radius 2 is 1.90 bits per heavy atom. The highest BCUT2D eigenvalue weighted by atomic mass is 32.1. The Balaban J connectivity index is 1.51. The summed E-state index contributed by atoms with van der Waals surface area (Å²) < 4.78 is 0. The third-order valence-corrected chi connectivity index (χ3v) is 7.06. The lowest BCUT2D eigenvalue weighted by Gasteiger charge is -2.14. The SMILES string of the molecule is CCCN(C)CCCC(=O)c1ccc(-c2ccc3c(C=O)c(C4=C(C)[CH]4)ccc3c2)s1. The number of aldehydes is 1. The summed E-state index contributed by atoms with van der Waals surface area (Å²) >= 11 is 1.55. The van der Waals surface area contributed by atoms with Gasteiger partial charge in [-0.05, 0) is 85.6 Å². The van der Waals surface area contributed by atoms with E-state index in [-0.39, 0.29) is 5.78 Å². The van der Waals surface area contributed by atoms with Gasteiger partial charge in [-0.3, -0.25) is 9.59 Å². The molecule has 1 aliphatic carbocycles. The molecular weight excluding hydrogens is 402 g/mol. The maximum atomic E-state index is 12.6. The van der Waals surface area contributed by atoms with Gasteiger partial charge in [0.2, 0.25) is 0 Å². The molecule has 1 aromatic heterocycles. The number of rotatable bonds is 10. The Hall–Kier alpha value is -2.56. The van der Waals surface area contributed by atoms with Crippen LogP contribution in [0.2, 0.25) is 0 Å². The molecule has 31 heavy (non-hydrogen) atoms. The van der Waals surface area contributed by atoms with Crippen molar-refractivity contribution in [3.8, 4) is 10.4 Å². The van der Waals surface area contributed by atoms with Crippen molar-refractivity contribution in [1.82, 2.24) is 4.90 Å². The molecule has 3 aromatic rings. The van der Waals surface area contributed by atoms with E-state index in [2.05, 4.69) is 50.4 Å². The van der Waals surface area contributed by atoms with E-state index in [4.69, 9.17) is 0 Å². The molecule has 4 heteroatoms. The summed E-state index contributed by atoms with van der Waals surface area (Å²) in [6, 6.07) is 14.3. The van der Waals surface area contributed by atoms with Crippen molar-refractivity contribution >= 4 is 39.8 Å². The van der Waals surface area contributed by atoms with Crippen LogP contribution in [0.5, 0.6) is 0 Å². The van der Waals surface area contributed by atoms with Gasteiger partial charge in [-0.1, -0.05) is 36.8 Å². The van der Waals surface area contributed by atoms with Crippen molar-refractivity contribution in [3.63, 3.8) is 0 Å². The number of fused-ring (bicyclic) bond motifs is 1. The normalized spacial score (nSPS) is 13.3. The van der Waals surface area contributed by atoms with E-state index in [1.807, 2.05) is 24.3 Å². The molecule has 0 saturated heterocycles. The fraction of sp³-hybridized carbons (Fsp3) is 0.296. The highest BCUT2D eigenvalue weighted by molar-refractivity contribution is 7.17. The number of carbonyl (C=O) groups is 2. The Morgan fingerprint density at radius 3 is 2.61 bits per heavy atom. The van der Waals surface area contributed by atoms with Crippen LogP contribution in [0.15, 0.2) is 48.0 Å². The van der Waals surface area contributed by atoms with Gasteiger partial charge in [-0.2, -0.15) is 0 Å². The molecule has 1 radical (unpaired) electrons. The zero-order valence-corrected chi connectivity index (χ0v) is 19.2. The lowest BCUT2D eigenvalue weighted by molar-refractivity contribution is 0.0979. The molecule has 4 rings (SSSR count). The minimum absolute atomic E-state index is 0.221. The molecule has 3 nitrogen and oxygen atoms in total. The first-order valence-electron chi connectivity index (χ1n) is 10.9. The molecule has 0 atom stereocenters. The van der Waals surface area contributed by atoms with E-state index in [1.165, 1.54) is 11.1 Å². The molecule has 1 aliphatic rings. The van der Waals surface area contributed by atoms with Gasteiger partial charge >= 0.3 is 0 Å². The zero-order chi connectivity index (χ0) is 22.0. The highest BCUT2D eigenvalue weighted by Crippen LogP contribution is 2.41. The summed E-state index contributed by atoms with van der Waals surface area (Å²) in [6.45, 7) is 6.26. The number of nitrogens with zero attached hydrogens (tertiary/aromatic N) is 1. The van der Waals surface area contributed by atoms with Crippen LogP contribution in [0, 0.1) is 6.42 Å². The molecule has 2 aromatic carbocycles. The van der Waals surface area contributed by atoms with Crippen LogP contribution < -0.4 is 0 Å². The van der Waals surface area contributed by atoms with Crippen LogP contribution in [-0.4, -0.2) is 37.1 Å². The number of Topliss-reactive ketones (excluding diaryl/α,β-unsaturated/α-hetero) is 1. The Kier molecular flexibility index (Phi) is 6.49. The van der Waals surface area contributed by atoms with Crippen molar-refractivity contribution in [2.45, 2.75) is 33.1 Å². The smallest absolute Gasteiger partial charge is 0.172 e. The largest absolute Gasteiger partial charge is 0.306 e. The van der Waals surface area contributed by atoms with Gasteiger partial charge < -0.3 is 4.90 Å². The molecule has 0 saturated carbocycles. The van der Waals surface area contributed by atoms with Gasteiger partial charge in [0, 0.05) is 23.3 Å². The first kappa shape index (κ1) is 21.7. The second-order valence-corrected chi connectivity index (χ2v) is 9.40. The topological polar surface area (TPSA) is 37.4 Å². The van der Waals surface area contributed by atoms with E-state index in [9.17, 15) is 9.59 Å². The van der Waals surface area contributed by atoms with Crippen molar-refractivity contribution in [1.29, 1.82) is 0 Å². The van der Waals surface area contributed by atoms with Crippen LogP contribution in [0.1, 0.15) is 58.7 Å². The summed E-state index contributed by atoms with van der Waals surface area (Å²) in [5.41, 5.74) is 5.27. The molecule has 0 unspecified atom stereocenters. The predicted octanol–water partition coefficient (Wildman–Crippen LogP) is 6.68. The van der Waals surface area contributed by atoms with Gasteiger partial charge in [0.1, 0.15) is 0 Å². The minimum Gasteiger partial charge on any atom is -0.306 e. The monoisotopic (exact) mass is 430 g/mol. The maximum absolute atomic E-state index is 12.6. The van der Waals surface area contributed by atoms with Gasteiger partial charge in [0.05, 0.1) is 4.88 Å². The Bertz CT molecular complexity index is 1170. The number of hydrogen-bond acceptors (Lipinski definition) is 4. The maximum Gasteiger partial charge on any atom is 0.172 e. The van der Waals surface area contributed by atoms with Crippen LogP contribution >= 0.6 is 11.3 Å². The summed E-state index contributed by atoms with van der Waals surface area (Å²) in [7, 11) is 2.11. The molecule has 0 amide bonds. The zero-order valence-electron chi connectivity index (χ0n) is 18.4. The average Bonchev–Trinajstić information content (AvgIpc) is 3.28. The van der Waals surface area contributed by atoms with Gasteiger partial charge in [-0.15, -0.1) is 11.3 Å². The second-order valence-electron chi connectivity index (χ2n) is 8.32. The van der Waals surface area contributed by atoms with Crippen molar-refractivity contribution in [3.05, 3.63) is 70.5 Å². The van der Waals surface area contributed by atoms with E-state index < -0.39 is 0 Å². The first-order chi connectivity index (χ1) is 15.0. The van der Waals surface area contributed by atoms with Crippen molar-refractivity contribution < 1.29 is 9.59 Å². The fourth-order valence-corrected chi connectivity index (χ4v) is 5.08. The average molecular weight is 431 g/mol. The molecule has 0 aliphatic heterocycles. The minimum atomic E-state index is 0.221. The Labute approximate surface area is 188 Å². The quantitative estimate of drug-likeness (QED) is 0.266. The first-order valence-corrected chi connectivity index (χ1v) is 11.7. The van der Waals surface area contributed by atoms with Crippen LogP contribution in [-0.2, 0) is 0 Å². The van der Waals surface area contributed by atoms with Crippen molar-refractivity contribution in [2.75, 3.05) is 20.1 Å². The van der Waals surface area contributed by atoms with E-state index in [0.717, 1.165) is 69.4 Å². The summed E-state index contributed by atoms with van der Waals surface area (Å²) in [5.74, 6) is 0.221. The van der Waals surface area contributed by atoms with Crippen LogP contribution in [0.4, 0.5) is 0 Å². The van der Waals surface area contributed by atoms with Crippen LogP contribution in [0.25, 0.3) is 26.8 Å². The van der Waals surface area contributed by atoms with Crippen LogP contribution in [0.3, 0.4) is 0 Å². The standard InChI is InChI=1S/C27H28NO2S/c1-4-13-28(3)14-5-6-25(30)27-12-11-26(31-27)20-8-9-21-19(16-20)7-10-22(24(21)17-29)23-15-18(23)2/h7-12,15-17H,4-6,13-14H2,1-3H3. The fourth-order valence-electron chi connectivity index (χ4n) is 4.11. The third-order valence-electron chi connectivity index (χ3n) is 5.89. The summed E-state index contributed by atoms with van der Waals surface area (Å²) in [4.78, 5) is 28.6. The second kappa shape index (κ2) is 9.29. The number of allylic oxidation sites excluding steroid dienone is 2. The van der Waals surface area contributed by atoms with Gasteiger partial charge in [0.25, 0.3) is 0 Å². The third kappa shape index (κ3) is 4.70. The molecular formula is C27H28NO2S. The van der Waals surface area contributed by atoms with Gasteiger partial charge in [0.15, 0.2) is 12.1 Å². The molecule has 1 heterocycles. The number of carbonyl (C=O) groups excluding carboxylic acids is 2. The number of ketones is 1. The van der Waals surface area contributed by atoms with E-state index >= 15 is 0 Å². The molecule has 0 N–H and O–H groups in total. The van der Waals surface area contributed by atoms with Gasteiger partial charge in [-0.25, -0.2) is 0 Å². The number of thiophene rings is 1. The molecule has 159 valence electrons. The summed E-state index contributed by atoms with van der Waals surface area (Å²) in [5, 5.41) is 2.02. The lowest BCUT2D eigenvalue weighted by atomic mass is 9.96. The van der Waals surface area contributed by atoms with Crippen molar-refractivity contribution in [2.24, 2.45) is 0 Å². The molecule has 0 fully saturated rings. The number of hydrogen-bond donors (Lipinski definition) is 0. The lowest BCUT2D eigenvalue weighted by Crippen LogP contribution is -2.20. The van der Waals surface area contributed by atoms with E-state index in [1.54, 1.807) is 11.3 Å². The van der Waals surface area contributed by atoms with E-state index in [0.29, 0.717) is 6.42 Å². The molecule has 0 spiro atoms.